The van der Waals surface area contributed by atoms with E-state index in [4.69, 9.17) is 23.2 Å². The molecule has 0 heterocycles. The lowest BCUT2D eigenvalue weighted by Crippen LogP contribution is -2.48. The van der Waals surface area contributed by atoms with Gasteiger partial charge in [0.1, 0.15) is 6.04 Å². The van der Waals surface area contributed by atoms with Crippen LogP contribution in [0.15, 0.2) is 36.4 Å². The quantitative estimate of drug-likeness (QED) is 0.394. The second kappa shape index (κ2) is 13.3. The number of anilines is 1. The molecule has 0 aliphatic rings. The molecule has 0 spiro atoms. The molecule has 198 valence electrons. The lowest BCUT2D eigenvalue weighted by Gasteiger charge is -2.30. The van der Waals surface area contributed by atoms with Crippen molar-refractivity contribution >= 4 is 50.7 Å². The van der Waals surface area contributed by atoms with Crippen molar-refractivity contribution in [3.63, 3.8) is 0 Å². The highest BCUT2D eigenvalue weighted by Gasteiger charge is 2.27. The molecule has 0 radical (unpaired) electrons. The van der Waals surface area contributed by atoms with Crippen LogP contribution < -0.4 is 9.62 Å². The van der Waals surface area contributed by atoms with Crippen molar-refractivity contribution in [2.75, 3.05) is 23.7 Å². The first-order chi connectivity index (χ1) is 16.9. The number of benzene rings is 2. The van der Waals surface area contributed by atoms with Gasteiger partial charge >= 0.3 is 0 Å². The van der Waals surface area contributed by atoms with Gasteiger partial charge in [-0.3, -0.25) is 13.9 Å². The van der Waals surface area contributed by atoms with Gasteiger partial charge < -0.3 is 10.2 Å². The zero-order valence-electron chi connectivity index (χ0n) is 21.5. The summed E-state index contributed by atoms with van der Waals surface area (Å²) in [5, 5.41) is 3.71. The third-order valence-corrected chi connectivity index (χ3v) is 7.84. The minimum absolute atomic E-state index is 0.0630. The standard InChI is InChI=1S/C26H35Cl2N3O4S/c1-6-14-29-26(33)20(4)30(17-21-12-13-22(27)16-23(21)28)25(32)11-8-15-31(36(5,34)35)24-10-7-9-18(2)19(24)3/h7,9-10,12-13,16,20H,6,8,11,14-15,17H2,1-5H3,(H,29,33). The SMILES string of the molecule is CCCNC(=O)C(C)N(Cc1ccc(Cl)cc1Cl)C(=O)CCCN(c1cccc(C)c1C)S(C)(=O)=O. The van der Waals surface area contributed by atoms with Gasteiger partial charge in [-0.2, -0.15) is 0 Å². The largest absolute Gasteiger partial charge is 0.354 e. The predicted octanol–water partition coefficient (Wildman–Crippen LogP) is 5.10. The van der Waals surface area contributed by atoms with E-state index in [0.717, 1.165) is 23.8 Å². The summed E-state index contributed by atoms with van der Waals surface area (Å²) in [6.07, 6.45) is 2.28. The fourth-order valence-electron chi connectivity index (χ4n) is 3.80. The highest BCUT2D eigenvalue weighted by atomic mass is 35.5. The van der Waals surface area contributed by atoms with Crippen LogP contribution in [0, 0.1) is 13.8 Å². The number of hydrogen-bond donors (Lipinski definition) is 1. The molecule has 2 aromatic rings. The summed E-state index contributed by atoms with van der Waals surface area (Å²) in [6, 6.07) is 9.77. The molecule has 0 bridgehead atoms. The number of aryl methyl sites for hydroxylation is 1. The monoisotopic (exact) mass is 555 g/mol. The molecular formula is C26H35Cl2N3O4S. The lowest BCUT2D eigenvalue weighted by molar-refractivity contribution is -0.140. The normalized spacial score (nSPS) is 12.2. The second-order valence-electron chi connectivity index (χ2n) is 8.88. The Bertz CT molecular complexity index is 1190. The molecule has 2 amide bonds. The van der Waals surface area contributed by atoms with E-state index in [9.17, 15) is 18.0 Å². The third kappa shape index (κ3) is 8.11. The van der Waals surface area contributed by atoms with Crippen molar-refractivity contribution in [3.05, 3.63) is 63.1 Å². The molecule has 1 unspecified atom stereocenters. The fourth-order valence-corrected chi connectivity index (χ4v) is 5.28. The number of hydrogen-bond acceptors (Lipinski definition) is 4. The van der Waals surface area contributed by atoms with Crippen molar-refractivity contribution in [3.8, 4) is 0 Å². The van der Waals surface area contributed by atoms with Gasteiger partial charge in [0.25, 0.3) is 0 Å². The van der Waals surface area contributed by atoms with Crippen LogP contribution >= 0.6 is 23.2 Å². The van der Waals surface area contributed by atoms with Gasteiger partial charge in [-0.25, -0.2) is 8.42 Å². The van der Waals surface area contributed by atoms with Crippen LogP contribution in [0.3, 0.4) is 0 Å². The molecule has 10 heteroatoms. The maximum Gasteiger partial charge on any atom is 0.242 e. The van der Waals surface area contributed by atoms with Crippen molar-refractivity contribution in [1.29, 1.82) is 0 Å². The summed E-state index contributed by atoms with van der Waals surface area (Å²) in [5.74, 6) is -0.530. The molecule has 0 saturated heterocycles. The summed E-state index contributed by atoms with van der Waals surface area (Å²) in [4.78, 5) is 27.5. The number of amides is 2. The Labute approximate surface area is 224 Å². The van der Waals surface area contributed by atoms with E-state index in [2.05, 4.69) is 5.32 Å². The zero-order chi connectivity index (χ0) is 27.0. The van der Waals surface area contributed by atoms with E-state index >= 15 is 0 Å². The minimum atomic E-state index is -3.56. The Balaban J connectivity index is 2.22. The van der Waals surface area contributed by atoms with Crippen LogP contribution in [-0.4, -0.2) is 50.5 Å². The Hall–Kier alpha value is -2.29. The first-order valence-electron chi connectivity index (χ1n) is 11.9. The van der Waals surface area contributed by atoms with Crippen LogP contribution in [0.2, 0.25) is 10.0 Å². The van der Waals surface area contributed by atoms with E-state index in [1.165, 1.54) is 9.21 Å². The van der Waals surface area contributed by atoms with Crippen molar-refractivity contribution < 1.29 is 18.0 Å². The Morgan fingerprint density at radius 3 is 2.42 bits per heavy atom. The first kappa shape index (κ1) is 29.9. The number of rotatable bonds is 12. The van der Waals surface area contributed by atoms with Crippen LogP contribution in [0.4, 0.5) is 5.69 Å². The van der Waals surface area contributed by atoms with E-state index in [0.29, 0.717) is 27.8 Å². The van der Waals surface area contributed by atoms with E-state index in [-0.39, 0.29) is 37.7 Å². The number of halogens is 2. The predicted molar refractivity (Wildman–Crippen MR) is 147 cm³/mol. The minimum Gasteiger partial charge on any atom is -0.354 e. The van der Waals surface area contributed by atoms with E-state index < -0.39 is 16.1 Å². The molecule has 1 atom stereocenters. The lowest BCUT2D eigenvalue weighted by atomic mass is 10.1. The average molecular weight is 557 g/mol. The smallest absolute Gasteiger partial charge is 0.242 e. The van der Waals surface area contributed by atoms with Crippen molar-refractivity contribution in [1.82, 2.24) is 10.2 Å². The average Bonchev–Trinajstić information content (AvgIpc) is 2.80. The molecule has 1 N–H and O–H groups in total. The van der Waals surface area contributed by atoms with Crippen molar-refractivity contribution in [2.45, 2.75) is 59.5 Å². The summed E-state index contributed by atoms with van der Waals surface area (Å²) in [5.41, 5.74) is 3.12. The van der Waals surface area contributed by atoms with Gasteiger partial charge in [-0.05, 0) is 68.5 Å². The van der Waals surface area contributed by atoms with Gasteiger partial charge in [0.15, 0.2) is 0 Å². The van der Waals surface area contributed by atoms with Gasteiger partial charge in [-0.1, -0.05) is 48.3 Å². The molecule has 2 rings (SSSR count). The number of nitrogens with zero attached hydrogens (tertiary/aromatic N) is 2. The molecule has 0 aromatic heterocycles. The summed E-state index contributed by atoms with van der Waals surface area (Å²) in [7, 11) is -3.56. The maximum absolute atomic E-state index is 13.3. The number of carbonyl (C=O) groups excluding carboxylic acids is 2. The fraction of sp³-hybridized carbons (Fsp3) is 0.462. The molecule has 0 aliphatic heterocycles. The first-order valence-corrected chi connectivity index (χ1v) is 14.5. The van der Waals surface area contributed by atoms with Crippen LogP contribution in [0.25, 0.3) is 0 Å². The van der Waals surface area contributed by atoms with Crippen LogP contribution in [0.5, 0.6) is 0 Å². The summed E-state index contributed by atoms with van der Waals surface area (Å²) in [6.45, 7) is 8.20. The number of nitrogens with one attached hydrogen (secondary N) is 1. The Kier molecular flexibility index (Phi) is 11.1. The van der Waals surface area contributed by atoms with Gasteiger partial charge in [0.05, 0.1) is 11.9 Å². The summed E-state index contributed by atoms with van der Waals surface area (Å²) < 4.78 is 26.5. The van der Waals surface area contributed by atoms with Crippen LogP contribution in [-0.2, 0) is 26.2 Å². The molecule has 0 saturated carbocycles. The topological polar surface area (TPSA) is 86.8 Å². The number of sulfonamides is 1. The van der Waals surface area contributed by atoms with Crippen LogP contribution in [0.1, 0.15) is 49.8 Å². The van der Waals surface area contributed by atoms with Gasteiger partial charge in [0.2, 0.25) is 21.8 Å². The maximum atomic E-state index is 13.3. The van der Waals surface area contributed by atoms with Gasteiger partial charge in [0, 0.05) is 36.1 Å². The Morgan fingerprint density at radius 2 is 1.81 bits per heavy atom. The second-order valence-corrected chi connectivity index (χ2v) is 11.6. The molecular weight excluding hydrogens is 521 g/mol. The highest BCUT2D eigenvalue weighted by molar-refractivity contribution is 7.92. The Morgan fingerprint density at radius 1 is 1.11 bits per heavy atom. The number of carbonyl (C=O) groups is 2. The summed E-state index contributed by atoms with van der Waals surface area (Å²) >= 11 is 12.4. The van der Waals surface area contributed by atoms with Crippen molar-refractivity contribution in [2.24, 2.45) is 0 Å². The third-order valence-electron chi connectivity index (χ3n) is 6.07. The highest BCUT2D eigenvalue weighted by Crippen LogP contribution is 2.26. The van der Waals surface area contributed by atoms with Gasteiger partial charge in [-0.15, -0.1) is 0 Å². The van der Waals surface area contributed by atoms with E-state index in [1.807, 2.05) is 32.9 Å². The molecule has 0 fully saturated rings. The molecule has 36 heavy (non-hydrogen) atoms. The molecule has 2 aromatic carbocycles. The molecule has 7 nitrogen and oxygen atoms in total. The zero-order valence-corrected chi connectivity index (χ0v) is 23.8. The van der Waals surface area contributed by atoms with E-state index in [1.54, 1.807) is 31.2 Å². The molecule has 0 aliphatic carbocycles.